The lowest BCUT2D eigenvalue weighted by molar-refractivity contribution is -0.0728. The molecule has 17 nitrogen and oxygen atoms in total. The quantitative estimate of drug-likeness (QED) is 0.120. The van der Waals surface area contributed by atoms with Gasteiger partial charge in [0.25, 0.3) is 5.56 Å². The summed E-state index contributed by atoms with van der Waals surface area (Å²) in [6.45, 7) is 0.995. The number of phosphoric acid groups is 3. The molecule has 1 aliphatic rings. The summed E-state index contributed by atoms with van der Waals surface area (Å²) in [7, 11) is -17.1. The van der Waals surface area contributed by atoms with E-state index in [1.807, 2.05) is 5.38 Å². The standard InChI is InChI=1S/C14H16Cl2FN4O13P3/c1-5(32-36(27,28)34-37(29,30)33-35(24,25)26)8-9(22)14(16,2-3-15)12(31-8)21-4-6(17)7-10(21)19-13(18)20-11(7)23/h4-5,8-9,12,22H,1H3,(H,27,28)(H,29,30)(H2,24,25,26)(H3,18,19,20,23)/t5-,8+,9-,12+,14?/m0/s1. The van der Waals surface area contributed by atoms with E-state index in [1.54, 1.807) is 0 Å². The molecule has 1 fully saturated rings. The number of H-pyrrole nitrogens is 1. The van der Waals surface area contributed by atoms with Crippen molar-refractivity contribution in [3.05, 3.63) is 22.4 Å². The Hall–Kier alpha value is -1.38. The monoisotopic (exact) mass is 630 g/mol. The van der Waals surface area contributed by atoms with Crippen LogP contribution in [0.15, 0.2) is 11.0 Å². The molecule has 7 atom stereocenters. The first-order valence-electron chi connectivity index (χ1n) is 9.33. The number of aromatic amines is 1. The van der Waals surface area contributed by atoms with Gasteiger partial charge in [0.2, 0.25) is 5.95 Å². The zero-order valence-corrected chi connectivity index (χ0v) is 22.0. The number of anilines is 1. The Kier molecular flexibility index (Phi) is 8.40. The van der Waals surface area contributed by atoms with Crippen LogP contribution in [0, 0.1) is 17.1 Å². The van der Waals surface area contributed by atoms with E-state index in [9.17, 15) is 37.8 Å². The number of alkyl halides is 1. The molecule has 23 heteroatoms. The number of phosphoric ester groups is 1. The number of aromatic nitrogens is 3. The molecule has 2 aromatic heterocycles. The molecule has 3 heterocycles. The molecule has 0 amide bonds. The van der Waals surface area contributed by atoms with Crippen LogP contribution in [0.5, 0.6) is 0 Å². The van der Waals surface area contributed by atoms with Gasteiger partial charge in [0.15, 0.2) is 22.6 Å². The highest BCUT2D eigenvalue weighted by molar-refractivity contribution is 7.66. The molecule has 0 aliphatic carbocycles. The number of aliphatic hydroxyl groups excluding tert-OH is 1. The minimum Gasteiger partial charge on any atom is -0.387 e. The third-order valence-electron chi connectivity index (χ3n) is 4.71. The normalized spacial score (nSPS) is 28.3. The van der Waals surface area contributed by atoms with E-state index in [0.717, 1.165) is 17.7 Å². The summed E-state index contributed by atoms with van der Waals surface area (Å²) < 4.78 is 67.5. The highest BCUT2D eigenvalue weighted by Gasteiger charge is 2.58. The van der Waals surface area contributed by atoms with Gasteiger partial charge in [-0.1, -0.05) is 17.5 Å². The van der Waals surface area contributed by atoms with Crippen molar-refractivity contribution in [2.24, 2.45) is 0 Å². The van der Waals surface area contributed by atoms with Gasteiger partial charge in [0.05, 0.1) is 6.10 Å². The van der Waals surface area contributed by atoms with E-state index in [1.165, 1.54) is 0 Å². The van der Waals surface area contributed by atoms with Crippen LogP contribution in [0.2, 0.25) is 0 Å². The van der Waals surface area contributed by atoms with E-state index in [-0.39, 0.29) is 0 Å². The fourth-order valence-electron chi connectivity index (χ4n) is 3.43. The van der Waals surface area contributed by atoms with Crippen LogP contribution in [0.3, 0.4) is 0 Å². The van der Waals surface area contributed by atoms with Gasteiger partial charge in [-0.15, -0.1) is 0 Å². The molecule has 0 saturated carbocycles. The number of nitrogens with zero attached hydrogens (tertiary/aromatic N) is 2. The highest BCUT2D eigenvalue weighted by Crippen LogP contribution is 2.66. The van der Waals surface area contributed by atoms with Crippen LogP contribution >= 0.6 is 46.7 Å². The molecular weight excluding hydrogens is 615 g/mol. The Morgan fingerprint density at radius 1 is 1.30 bits per heavy atom. The first-order valence-corrected chi connectivity index (χ1v) is 14.6. The number of hydrogen-bond acceptors (Lipinski definition) is 11. The molecule has 1 aliphatic heterocycles. The zero-order chi connectivity index (χ0) is 28.1. The molecule has 0 spiro atoms. The second-order valence-electron chi connectivity index (χ2n) is 7.32. The van der Waals surface area contributed by atoms with Crippen LogP contribution in [-0.4, -0.2) is 62.4 Å². The number of nitrogen functional groups attached to an aromatic ring is 1. The third-order valence-corrected chi connectivity index (χ3v) is 9.24. The smallest absolute Gasteiger partial charge is 0.387 e. The van der Waals surface area contributed by atoms with Gasteiger partial charge in [-0.3, -0.25) is 18.9 Å². The van der Waals surface area contributed by atoms with Gasteiger partial charge in [0, 0.05) is 11.6 Å². The van der Waals surface area contributed by atoms with E-state index in [4.69, 9.17) is 43.5 Å². The number of rotatable bonds is 8. The van der Waals surface area contributed by atoms with Crippen molar-refractivity contribution in [1.82, 2.24) is 14.5 Å². The van der Waals surface area contributed by atoms with Crippen molar-refractivity contribution in [1.29, 1.82) is 0 Å². The highest BCUT2D eigenvalue weighted by atomic mass is 35.5. The third kappa shape index (κ3) is 6.44. The van der Waals surface area contributed by atoms with Crippen LogP contribution in [-0.2, 0) is 31.6 Å². The number of nitrogens with one attached hydrogen (secondary N) is 1. The van der Waals surface area contributed by atoms with E-state index < -0.39 is 81.2 Å². The number of halogens is 3. The topological polar surface area (TPSA) is 266 Å². The lowest BCUT2D eigenvalue weighted by Gasteiger charge is -2.26. The SMILES string of the molecule is C[C@H](OP(=O)(O)OP(=O)(O)OP(=O)(O)O)[C@H]1O[C@@H](n2cc(F)c3c(=O)[nH]c(N)nc32)C(Cl)(C#CCl)[C@H]1O. The predicted octanol–water partition coefficient (Wildman–Crippen LogP) is 0.613. The van der Waals surface area contributed by atoms with Crippen molar-refractivity contribution in [2.45, 2.75) is 36.3 Å². The molecule has 0 radical (unpaired) electrons. The Labute approximate surface area is 214 Å². The first kappa shape index (κ1) is 30.2. The van der Waals surface area contributed by atoms with Gasteiger partial charge in [0.1, 0.15) is 17.6 Å². The Morgan fingerprint density at radius 3 is 2.49 bits per heavy atom. The molecule has 206 valence electrons. The maximum atomic E-state index is 14.6. The summed E-state index contributed by atoms with van der Waals surface area (Å²) in [5.41, 5.74) is 4.17. The molecule has 3 unspecified atom stereocenters. The summed E-state index contributed by atoms with van der Waals surface area (Å²) >= 11 is 11.9. The molecule has 3 rings (SSSR count). The number of aliphatic hydroxyl groups is 1. The largest absolute Gasteiger partial charge is 0.490 e. The molecule has 37 heavy (non-hydrogen) atoms. The van der Waals surface area contributed by atoms with Gasteiger partial charge in [-0.25, -0.2) is 18.1 Å². The predicted molar refractivity (Wildman–Crippen MR) is 121 cm³/mol. The first-order chi connectivity index (χ1) is 16.8. The summed E-state index contributed by atoms with van der Waals surface area (Å²) in [5.74, 6) is 0.729. The van der Waals surface area contributed by atoms with E-state index in [2.05, 4.69) is 29.0 Å². The molecule has 2 aromatic rings. The molecular formula is C14H16Cl2FN4O13P3. The number of nitrogens with two attached hydrogens (primary N) is 1. The second-order valence-corrected chi connectivity index (χ2v) is 12.5. The average molecular weight is 631 g/mol. The summed E-state index contributed by atoms with van der Waals surface area (Å²) in [6, 6.07) is 0. The van der Waals surface area contributed by atoms with Gasteiger partial charge in [-0.2, -0.15) is 13.6 Å². The maximum Gasteiger partial charge on any atom is 0.490 e. The second kappa shape index (κ2) is 10.3. The molecule has 1 saturated heterocycles. The van der Waals surface area contributed by atoms with Crippen LogP contribution in [0.4, 0.5) is 10.3 Å². The van der Waals surface area contributed by atoms with Crippen molar-refractivity contribution in [3.63, 3.8) is 0 Å². The van der Waals surface area contributed by atoms with E-state index >= 15 is 0 Å². The van der Waals surface area contributed by atoms with Crippen molar-refractivity contribution >= 4 is 63.7 Å². The van der Waals surface area contributed by atoms with Crippen LogP contribution < -0.4 is 11.3 Å². The van der Waals surface area contributed by atoms with E-state index in [0.29, 0.717) is 0 Å². The average Bonchev–Trinajstić information content (AvgIpc) is 3.13. The Bertz CT molecular complexity index is 1490. The lowest BCUT2D eigenvalue weighted by Crippen LogP contribution is -2.43. The van der Waals surface area contributed by atoms with Gasteiger partial charge < -0.3 is 35.2 Å². The Balaban J connectivity index is 1.96. The Morgan fingerprint density at radius 2 is 1.92 bits per heavy atom. The lowest BCUT2D eigenvalue weighted by atomic mass is 9.97. The zero-order valence-electron chi connectivity index (χ0n) is 17.8. The van der Waals surface area contributed by atoms with Crippen LogP contribution in [0.1, 0.15) is 13.2 Å². The van der Waals surface area contributed by atoms with Crippen LogP contribution in [0.25, 0.3) is 11.0 Å². The summed E-state index contributed by atoms with van der Waals surface area (Å²) in [5, 5.41) is 12.2. The van der Waals surface area contributed by atoms with Crippen molar-refractivity contribution in [2.75, 3.05) is 5.73 Å². The van der Waals surface area contributed by atoms with Gasteiger partial charge >= 0.3 is 23.5 Å². The number of fused-ring (bicyclic) bond motifs is 1. The van der Waals surface area contributed by atoms with Crippen molar-refractivity contribution < 1.29 is 60.6 Å². The number of hydrogen-bond donors (Lipinski definition) is 7. The minimum atomic E-state index is -5.84. The van der Waals surface area contributed by atoms with Gasteiger partial charge in [-0.05, 0) is 18.5 Å². The molecule has 0 bridgehead atoms. The van der Waals surface area contributed by atoms with Crippen molar-refractivity contribution in [3.8, 4) is 11.3 Å². The maximum absolute atomic E-state index is 14.6. The fourth-order valence-corrected chi connectivity index (χ4v) is 7.16. The number of ether oxygens (including phenoxy) is 1. The summed E-state index contributed by atoms with van der Waals surface area (Å²) in [6.07, 6.45) is -6.41. The minimum absolute atomic E-state index is 0.390. The molecule has 8 N–H and O–H groups in total. The molecule has 0 aromatic carbocycles. The fraction of sp³-hybridized carbons (Fsp3) is 0.429. The summed E-state index contributed by atoms with van der Waals surface area (Å²) in [4.78, 5) is 52.1.